The number of ether oxygens (including phenoxy) is 1. The maximum Gasteiger partial charge on any atom is 0.319 e. The van der Waals surface area contributed by atoms with Gasteiger partial charge in [-0.25, -0.2) is 9.59 Å². The monoisotopic (exact) mass is 409 g/mol. The van der Waals surface area contributed by atoms with Gasteiger partial charge < -0.3 is 24.8 Å². The van der Waals surface area contributed by atoms with Gasteiger partial charge >= 0.3 is 12.1 Å². The van der Waals surface area contributed by atoms with Gasteiger partial charge in [0.25, 0.3) is 0 Å². The van der Waals surface area contributed by atoms with Crippen molar-refractivity contribution in [3.63, 3.8) is 0 Å². The van der Waals surface area contributed by atoms with E-state index in [1.807, 2.05) is 30.9 Å². The number of carbonyl (C=O) groups is 2. The Morgan fingerprint density at radius 1 is 0.966 bits per heavy atom. The number of carbonyl (C=O) groups excluding carboxylic acids is 2. The molecule has 4 amide bonds. The van der Waals surface area contributed by atoms with Crippen LogP contribution in [-0.4, -0.2) is 110 Å². The lowest BCUT2D eigenvalue weighted by molar-refractivity contribution is 0.0163. The molecule has 0 aromatic heterocycles. The molecule has 3 aliphatic rings. The van der Waals surface area contributed by atoms with Gasteiger partial charge in [-0.3, -0.25) is 4.90 Å². The highest BCUT2D eigenvalue weighted by Gasteiger charge is 2.35. The molecular weight excluding hydrogens is 370 g/mol. The van der Waals surface area contributed by atoms with Crippen molar-refractivity contribution in [2.45, 2.75) is 63.1 Å². The van der Waals surface area contributed by atoms with Crippen LogP contribution in [0, 0.1) is 0 Å². The molecule has 0 radical (unpaired) electrons. The number of nitrogens with zero attached hydrogens (tertiary/aromatic N) is 4. The Labute approximate surface area is 175 Å². The van der Waals surface area contributed by atoms with Crippen molar-refractivity contribution in [3.8, 4) is 0 Å². The van der Waals surface area contributed by atoms with E-state index in [1.54, 1.807) is 4.90 Å². The van der Waals surface area contributed by atoms with Crippen molar-refractivity contribution in [2.75, 3.05) is 60.5 Å². The summed E-state index contributed by atoms with van der Waals surface area (Å²) in [6.07, 6.45) is 7.68. The van der Waals surface area contributed by atoms with Crippen LogP contribution in [0.5, 0.6) is 0 Å². The molecule has 8 heteroatoms. The van der Waals surface area contributed by atoms with Gasteiger partial charge in [0.1, 0.15) is 0 Å². The van der Waals surface area contributed by atoms with Crippen molar-refractivity contribution in [1.29, 1.82) is 0 Å². The molecule has 0 aromatic rings. The van der Waals surface area contributed by atoms with Crippen LogP contribution in [0.15, 0.2) is 0 Å². The van der Waals surface area contributed by atoms with Crippen LogP contribution in [0.2, 0.25) is 0 Å². The largest absolute Gasteiger partial charge is 0.381 e. The minimum Gasteiger partial charge on any atom is -0.381 e. The third kappa shape index (κ3) is 5.98. The predicted octanol–water partition coefficient (Wildman–Crippen LogP) is 1.81. The first-order chi connectivity index (χ1) is 14.0. The third-order valence-corrected chi connectivity index (χ3v) is 6.67. The smallest absolute Gasteiger partial charge is 0.319 e. The van der Waals surface area contributed by atoms with Gasteiger partial charge in [-0.2, -0.15) is 0 Å². The van der Waals surface area contributed by atoms with Gasteiger partial charge in [-0.15, -0.1) is 0 Å². The zero-order valence-corrected chi connectivity index (χ0v) is 18.4. The van der Waals surface area contributed by atoms with Crippen molar-refractivity contribution in [2.24, 2.45) is 0 Å². The molecule has 1 aliphatic carbocycles. The molecule has 0 spiro atoms. The molecule has 1 atom stereocenters. The quantitative estimate of drug-likeness (QED) is 0.726. The highest BCUT2D eigenvalue weighted by atomic mass is 16.5. The van der Waals surface area contributed by atoms with E-state index in [2.05, 4.69) is 10.2 Å². The van der Waals surface area contributed by atoms with Crippen LogP contribution in [-0.2, 0) is 4.74 Å². The first-order valence-corrected chi connectivity index (χ1v) is 11.3. The number of rotatable bonds is 6. The number of hydrogen-bond acceptors (Lipinski definition) is 4. The standard InChI is InChI=1S/C21H39N5O3/c1-23(2)21(28)25-11-8-19(16-25)26(18-9-14-29-15-10-18)13-12-24(3)20(27)22-17-6-4-5-7-17/h17-19H,4-16H2,1-3H3,(H,22,27). The van der Waals surface area contributed by atoms with E-state index in [9.17, 15) is 9.59 Å². The van der Waals surface area contributed by atoms with E-state index in [1.165, 1.54) is 12.8 Å². The fraction of sp³-hybridized carbons (Fsp3) is 0.905. The Bertz CT molecular complexity index is 546. The van der Waals surface area contributed by atoms with E-state index in [0.717, 1.165) is 65.0 Å². The fourth-order valence-corrected chi connectivity index (χ4v) is 4.87. The third-order valence-electron chi connectivity index (χ3n) is 6.67. The molecule has 3 rings (SSSR count). The molecule has 2 saturated heterocycles. The van der Waals surface area contributed by atoms with E-state index in [-0.39, 0.29) is 12.1 Å². The maximum atomic E-state index is 12.5. The van der Waals surface area contributed by atoms with Crippen LogP contribution >= 0.6 is 0 Å². The van der Waals surface area contributed by atoms with Gasteiger partial charge in [0.2, 0.25) is 0 Å². The summed E-state index contributed by atoms with van der Waals surface area (Å²) in [6, 6.07) is 1.30. The molecule has 1 N–H and O–H groups in total. The lowest BCUT2D eigenvalue weighted by Gasteiger charge is -2.39. The van der Waals surface area contributed by atoms with Crippen LogP contribution in [0.1, 0.15) is 44.9 Å². The second-order valence-electron chi connectivity index (χ2n) is 9.00. The topological polar surface area (TPSA) is 68.4 Å². The normalized spacial score (nSPS) is 23.6. The lowest BCUT2D eigenvalue weighted by Crippen LogP contribution is -2.51. The summed E-state index contributed by atoms with van der Waals surface area (Å²) in [4.78, 5) is 32.9. The number of likely N-dealkylation sites (tertiary alicyclic amines) is 1. The van der Waals surface area contributed by atoms with Gasteiger partial charge in [-0.05, 0) is 32.1 Å². The Hall–Kier alpha value is -1.54. The molecule has 0 bridgehead atoms. The zero-order chi connectivity index (χ0) is 20.8. The summed E-state index contributed by atoms with van der Waals surface area (Å²) in [5.74, 6) is 0. The number of urea groups is 2. The summed E-state index contributed by atoms with van der Waals surface area (Å²) in [5, 5.41) is 3.18. The van der Waals surface area contributed by atoms with E-state index in [4.69, 9.17) is 4.74 Å². The van der Waals surface area contributed by atoms with Gasteiger partial charge in [0, 0.05) is 78.7 Å². The average molecular weight is 410 g/mol. The van der Waals surface area contributed by atoms with Crippen molar-refractivity contribution in [1.82, 2.24) is 24.9 Å². The van der Waals surface area contributed by atoms with E-state index < -0.39 is 0 Å². The van der Waals surface area contributed by atoms with Crippen molar-refractivity contribution >= 4 is 12.1 Å². The minimum atomic E-state index is 0.0414. The zero-order valence-electron chi connectivity index (χ0n) is 18.4. The first kappa shape index (κ1) is 22.2. The molecule has 166 valence electrons. The number of hydrogen-bond donors (Lipinski definition) is 1. The Balaban J connectivity index is 1.55. The van der Waals surface area contributed by atoms with E-state index in [0.29, 0.717) is 24.7 Å². The fourth-order valence-electron chi connectivity index (χ4n) is 4.87. The van der Waals surface area contributed by atoms with Gasteiger partial charge in [0.05, 0.1) is 0 Å². The highest BCUT2D eigenvalue weighted by Crippen LogP contribution is 2.24. The van der Waals surface area contributed by atoms with E-state index >= 15 is 0 Å². The molecular formula is C21H39N5O3. The van der Waals surface area contributed by atoms with Crippen molar-refractivity contribution < 1.29 is 14.3 Å². The summed E-state index contributed by atoms with van der Waals surface area (Å²) < 4.78 is 5.57. The summed E-state index contributed by atoms with van der Waals surface area (Å²) >= 11 is 0. The summed E-state index contributed by atoms with van der Waals surface area (Å²) in [5.41, 5.74) is 0. The molecule has 1 saturated carbocycles. The second-order valence-corrected chi connectivity index (χ2v) is 9.00. The minimum absolute atomic E-state index is 0.0414. The molecule has 3 fully saturated rings. The Morgan fingerprint density at radius 2 is 1.66 bits per heavy atom. The molecule has 0 aromatic carbocycles. The number of amides is 4. The van der Waals surface area contributed by atoms with Gasteiger partial charge in [0.15, 0.2) is 0 Å². The number of likely N-dealkylation sites (N-methyl/N-ethyl adjacent to an activating group) is 1. The maximum absolute atomic E-state index is 12.5. The van der Waals surface area contributed by atoms with Crippen molar-refractivity contribution in [3.05, 3.63) is 0 Å². The second kappa shape index (κ2) is 10.5. The predicted molar refractivity (Wildman–Crippen MR) is 113 cm³/mol. The number of nitrogens with one attached hydrogen (secondary N) is 1. The SMILES string of the molecule is CN(C)C(=O)N1CCC(N(CCN(C)C(=O)NC2CCCC2)C2CCOCC2)C1. The van der Waals surface area contributed by atoms with Crippen LogP contribution in [0.25, 0.3) is 0 Å². The lowest BCUT2D eigenvalue weighted by atomic mass is 10.0. The summed E-state index contributed by atoms with van der Waals surface area (Å²) in [6.45, 7) is 4.71. The van der Waals surface area contributed by atoms with Crippen LogP contribution < -0.4 is 5.32 Å². The molecule has 29 heavy (non-hydrogen) atoms. The van der Waals surface area contributed by atoms with Gasteiger partial charge in [-0.1, -0.05) is 12.8 Å². The Morgan fingerprint density at radius 3 is 2.31 bits per heavy atom. The Kier molecular flexibility index (Phi) is 8.00. The first-order valence-electron chi connectivity index (χ1n) is 11.3. The average Bonchev–Trinajstić information content (AvgIpc) is 3.40. The highest BCUT2D eigenvalue weighted by molar-refractivity contribution is 5.74. The van der Waals surface area contributed by atoms with Crippen LogP contribution in [0.3, 0.4) is 0 Å². The summed E-state index contributed by atoms with van der Waals surface area (Å²) in [7, 11) is 5.51. The molecule has 2 aliphatic heterocycles. The molecule has 8 nitrogen and oxygen atoms in total. The van der Waals surface area contributed by atoms with Crippen LogP contribution in [0.4, 0.5) is 9.59 Å². The molecule has 1 unspecified atom stereocenters. The molecule has 2 heterocycles.